The Kier molecular flexibility index (Phi) is 6.42. The Labute approximate surface area is 124 Å². The van der Waals surface area contributed by atoms with E-state index in [9.17, 15) is 18.4 Å². The number of carbonyl (C=O) groups excluding carboxylic acids is 2. The number of nitrogens with two attached hydrogens (primary N) is 1. The van der Waals surface area contributed by atoms with E-state index in [2.05, 4.69) is 10.1 Å². The normalized spacial score (nSPS) is 11.0. The van der Waals surface area contributed by atoms with Crippen molar-refractivity contribution in [2.45, 2.75) is 6.61 Å². The van der Waals surface area contributed by atoms with Gasteiger partial charge in [-0.05, 0) is 18.3 Å². The van der Waals surface area contributed by atoms with E-state index in [1.54, 1.807) is 6.07 Å². The summed E-state index contributed by atoms with van der Waals surface area (Å²) in [7, 11) is 0. The molecule has 0 aliphatic heterocycles. The SMILES string of the molecule is N=C(C(=O)/C=C\Nc1ccccc1OC(F)F)C(=O)/C=C/N. The van der Waals surface area contributed by atoms with Crippen molar-refractivity contribution in [2.75, 3.05) is 5.32 Å². The van der Waals surface area contributed by atoms with Crippen molar-refractivity contribution in [3.05, 3.63) is 48.8 Å². The van der Waals surface area contributed by atoms with Crippen molar-refractivity contribution in [1.82, 2.24) is 0 Å². The molecular weight excluding hydrogens is 296 g/mol. The van der Waals surface area contributed by atoms with Crippen molar-refractivity contribution >= 4 is 23.0 Å². The number of rotatable bonds is 8. The smallest absolute Gasteiger partial charge is 0.387 e. The summed E-state index contributed by atoms with van der Waals surface area (Å²) in [6.07, 6.45) is 3.84. The van der Waals surface area contributed by atoms with Crippen LogP contribution >= 0.6 is 0 Å². The number of para-hydroxylation sites is 2. The van der Waals surface area contributed by atoms with Crippen LogP contribution in [0.2, 0.25) is 0 Å². The third kappa shape index (κ3) is 5.16. The molecule has 0 fully saturated rings. The van der Waals surface area contributed by atoms with Crippen molar-refractivity contribution in [1.29, 1.82) is 5.41 Å². The predicted molar refractivity (Wildman–Crippen MR) is 76.9 cm³/mol. The molecule has 0 heterocycles. The number of halogens is 2. The summed E-state index contributed by atoms with van der Waals surface area (Å²) in [6, 6.07) is 5.86. The lowest BCUT2D eigenvalue weighted by molar-refractivity contribution is -0.112. The zero-order chi connectivity index (χ0) is 16.5. The van der Waals surface area contributed by atoms with Gasteiger partial charge in [-0.15, -0.1) is 0 Å². The monoisotopic (exact) mass is 309 g/mol. The number of ketones is 2. The number of benzene rings is 1. The van der Waals surface area contributed by atoms with Gasteiger partial charge in [0.15, 0.2) is 0 Å². The topological polar surface area (TPSA) is 105 Å². The van der Waals surface area contributed by atoms with E-state index in [-0.39, 0.29) is 11.4 Å². The number of hydrogen-bond donors (Lipinski definition) is 3. The maximum atomic E-state index is 12.2. The molecule has 116 valence electrons. The number of ether oxygens (including phenoxy) is 1. The van der Waals surface area contributed by atoms with Crippen LogP contribution in [0, 0.1) is 5.41 Å². The number of hydrogen-bond acceptors (Lipinski definition) is 6. The Morgan fingerprint density at radius 2 is 1.86 bits per heavy atom. The molecule has 0 aromatic heterocycles. The Morgan fingerprint density at radius 1 is 1.23 bits per heavy atom. The van der Waals surface area contributed by atoms with E-state index >= 15 is 0 Å². The van der Waals surface area contributed by atoms with Gasteiger partial charge in [-0.1, -0.05) is 12.1 Å². The van der Waals surface area contributed by atoms with Crippen LogP contribution < -0.4 is 15.8 Å². The van der Waals surface area contributed by atoms with Gasteiger partial charge in [0, 0.05) is 18.4 Å². The van der Waals surface area contributed by atoms with Crippen LogP contribution in [0.15, 0.2) is 48.8 Å². The average molecular weight is 309 g/mol. The molecule has 0 spiro atoms. The first-order valence-electron chi connectivity index (χ1n) is 5.98. The van der Waals surface area contributed by atoms with Gasteiger partial charge in [-0.2, -0.15) is 8.78 Å². The summed E-state index contributed by atoms with van der Waals surface area (Å²) in [6.45, 7) is -2.98. The van der Waals surface area contributed by atoms with Crippen LogP contribution in [-0.2, 0) is 9.59 Å². The zero-order valence-electron chi connectivity index (χ0n) is 11.3. The maximum Gasteiger partial charge on any atom is 0.387 e. The largest absolute Gasteiger partial charge is 0.433 e. The minimum atomic E-state index is -2.98. The van der Waals surface area contributed by atoms with Gasteiger partial charge in [0.25, 0.3) is 0 Å². The molecular formula is C14H13F2N3O3. The van der Waals surface area contributed by atoms with Crippen molar-refractivity contribution < 1.29 is 23.1 Å². The van der Waals surface area contributed by atoms with Crippen LogP contribution in [-0.4, -0.2) is 23.9 Å². The molecule has 6 nitrogen and oxygen atoms in total. The molecule has 0 aliphatic carbocycles. The highest BCUT2D eigenvalue weighted by Gasteiger charge is 2.13. The number of alkyl halides is 2. The van der Waals surface area contributed by atoms with E-state index in [4.69, 9.17) is 11.1 Å². The summed E-state index contributed by atoms with van der Waals surface area (Å²) < 4.78 is 28.7. The van der Waals surface area contributed by atoms with E-state index in [1.165, 1.54) is 18.2 Å². The van der Waals surface area contributed by atoms with Gasteiger partial charge >= 0.3 is 6.61 Å². The second-order valence-electron chi connectivity index (χ2n) is 3.81. The van der Waals surface area contributed by atoms with Crippen molar-refractivity contribution in [2.24, 2.45) is 5.73 Å². The molecule has 0 amide bonds. The lowest BCUT2D eigenvalue weighted by atomic mass is 10.1. The molecule has 8 heteroatoms. The Morgan fingerprint density at radius 3 is 2.50 bits per heavy atom. The molecule has 4 N–H and O–H groups in total. The molecule has 0 unspecified atom stereocenters. The third-order valence-corrected chi connectivity index (χ3v) is 2.32. The average Bonchev–Trinajstić information content (AvgIpc) is 2.47. The molecule has 0 saturated carbocycles. The number of anilines is 1. The van der Waals surface area contributed by atoms with Crippen LogP contribution in [0.1, 0.15) is 0 Å². The van der Waals surface area contributed by atoms with Crippen molar-refractivity contribution in [3.8, 4) is 5.75 Å². The van der Waals surface area contributed by atoms with E-state index in [0.29, 0.717) is 0 Å². The quantitative estimate of drug-likeness (QED) is 0.386. The minimum absolute atomic E-state index is 0.105. The predicted octanol–water partition coefficient (Wildman–Crippen LogP) is 1.84. The van der Waals surface area contributed by atoms with Gasteiger partial charge in [0.05, 0.1) is 5.69 Å². The highest BCUT2D eigenvalue weighted by molar-refractivity contribution is 6.69. The van der Waals surface area contributed by atoms with E-state index in [0.717, 1.165) is 24.6 Å². The lowest BCUT2D eigenvalue weighted by Gasteiger charge is -2.09. The number of carbonyl (C=O) groups is 2. The molecule has 0 saturated heterocycles. The summed E-state index contributed by atoms with van der Waals surface area (Å²) in [5.74, 6) is -1.80. The molecule has 0 aliphatic rings. The Balaban J connectivity index is 2.72. The molecule has 1 aromatic rings. The van der Waals surface area contributed by atoms with Gasteiger partial charge in [0.1, 0.15) is 11.5 Å². The zero-order valence-corrected chi connectivity index (χ0v) is 11.3. The highest BCUT2D eigenvalue weighted by atomic mass is 19.3. The van der Waals surface area contributed by atoms with Crippen molar-refractivity contribution in [3.63, 3.8) is 0 Å². The van der Waals surface area contributed by atoms with Gasteiger partial charge < -0.3 is 15.8 Å². The lowest BCUT2D eigenvalue weighted by Crippen LogP contribution is -2.20. The molecule has 1 aromatic carbocycles. The number of nitrogens with one attached hydrogen (secondary N) is 2. The van der Waals surface area contributed by atoms with Crippen LogP contribution in [0.4, 0.5) is 14.5 Å². The van der Waals surface area contributed by atoms with Gasteiger partial charge in [-0.25, -0.2) is 0 Å². The molecule has 22 heavy (non-hydrogen) atoms. The standard InChI is InChI=1S/C14H13F2N3O3/c15-14(16)22-12-4-2-1-3-9(12)19-8-6-11(21)13(18)10(20)5-7-17/h1-8,14,18-19H,17H2/b7-5+,8-6-,18-13?. The fourth-order valence-electron chi connectivity index (χ4n) is 1.37. The van der Waals surface area contributed by atoms with E-state index in [1.807, 2.05) is 0 Å². The van der Waals surface area contributed by atoms with Gasteiger partial charge in [-0.3, -0.25) is 15.0 Å². The van der Waals surface area contributed by atoms with Gasteiger partial charge in [0.2, 0.25) is 11.6 Å². The Bertz CT molecular complexity index is 628. The fraction of sp³-hybridized carbons (Fsp3) is 0.0714. The second-order valence-corrected chi connectivity index (χ2v) is 3.81. The molecule has 0 atom stereocenters. The summed E-state index contributed by atoms with van der Waals surface area (Å²) in [4.78, 5) is 22.7. The second kappa shape index (κ2) is 8.30. The van der Waals surface area contributed by atoms with Crippen LogP contribution in [0.3, 0.4) is 0 Å². The summed E-state index contributed by atoms with van der Waals surface area (Å²) in [5.41, 5.74) is 4.42. The highest BCUT2D eigenvalue weighted by Crippen LogP contribution is 2.25. The first kappa shape index (κ1) is 17.0. The van der Waals surface area contributed by atoms with Crippen LogP contribution in [0.5, 0.6) is 5.75 Å². The Hall–Kier alpha value is -3.03. The maximum absolute atomic E-state index is 12.2. The van der Waals surface area contributed by atoms with E-state index < -0.39 is 23.9 Å². The van der Waals surface area contributed by atoms with Crippen LogP contribution in [0.25, 0.3) is 0 Å². The first-order chi connectivity index (χ1) is 10.5. The summed E-state index contributed by atoms with van der Waals surface area (Å²) >= 11 is 0. The summed E-state index contributed by atoms with van der Waals surface area (Å²) in [5, 5.41) is 9.88. The molecule has 0 bridgehead atoms. The number of allylic oxidation sites excluding steroid dienone is 2. The fourth-order valence-corrected chi connectivity index (χ4v) is 1.37. The minimum Gasteiger partial charge on any atom is -0.433 e. The molecule has 0 radical (unpaired) electrons. The third-order valence-electron chi connectivity index (χ3n) is 2.32. The molecule has 1 rings (SSSR count). The first-order valence-corrected chi connectivity index (χ1v) is 5.98.